The zero-order chi connectivity index (χ0) is 19.3. The first kappa shape index (κ1) is 17.3. The van der Waals surface area contributed by atoms with Gasteiger partial charge in [-0.15, -0.1) is 0 Å². The Kier molecular flexibility index (Phi) is 4.13. The van der Waals surface area contributed by atoms with E-state index in [2.05, 4.69) is 23.1 Å². The van der Waals surface area contributed by atoms with Crippen LogP contribution in [0.15, 0.2) is 39.5 Å². The van der Waals surface area contributed by atoms with Gasteiger partial charge in [0.1, 0.15) is 23.8 Å². The van der Waals surface area contributed by atoms with E-state index in [1.54, 1.807) is 7.11 Å². The highest BCUT2D eigenvalue weighted by molar-refractivity contribution is 5.87. The van der Waals surface area contributed by atoms with Crippen LogP contribution in [-0.4, -0.2) is 18.7 Å². The fraction of sp³-hybridized carbons (Fsp3) is 0.348. The Morgan fingerprint density at radius 3 is 2.89 bits per heavy atom. The number of nitrogens with zero attached hydrogens (tertiary/aromatic N) is 1. The first-order chi connectivity index (χ1) is 13.6. The molecule has 5 nitrogen and oxygen atoms in total. The van der Waals surface area contributed by atoms with Crippen molar-refractivity contribution in [1.29, 1.82) is 0 Å². The van der Waals surface area contributed by atoms with Crippen molar-refractivity contribution < 1.29 is 13.9 Å². The number of ether oxygens (including phenoxy) is 2. The minimum atomic E-state index is -0.182. The summed E-state index contributed by atoms with van der Waals surface area (Å²) in [7, 11) is 1.68. The van der Waals surface area contributed by atoms with Crippen LogP contribution in [0.3, 0.4) is 0 Å². The number of hydrogen-bond acceptors (Lipinski definition) is 5. The van der Waals surface area contributed by atoms with E-state index in [-0.39, 0.29) is 5.63 Å². The van der Waals surface area contributed by atoms with E-state index in [9.17, 15) is 4.79 Å². The normalized spacial score (nSPS) is 15.9. The van der Waals surface area contributed by atoms with Crippen LogP contribution in [0.5, 0.6) is 11.5 Å². The van der Waals surface area contributed by atoms with Crippen molar-refractivity contribution in [2.45, 2.75) is 39.3 Å². The van der Waals surface area contributed by atoms with E-state index in [0.717, 1.165) is 65.9 Å². The molecule has 3 aromatic rings. The lowest BCUT2D eigenvalue weighted by atomic mass is 9.99. The summed E-state index contributed by atoms with van der Waals surface area (Å²) in [5.74, 6) is 1.72. The number of aryl methyl sites for hydroxylation is 2. The lowest BCUT2D eigenvalue weighted by Crippen LogP contribution is -2.32. The number of hydrogen-bond donors (Lipinski definition) is 0. The highest BCUT2D eigenvalue weighted by atomic mass is 16.5. The second-order valence-corrected chi connectivity index (χ2v) is 7.68. The average molecular weight is 377 g/mol. The molecule has 5 rings (SSSR count). The van der Waals surface area contributed by atoms with Gasteiger partial charge >= 0.3 is 5.63 Å². The topological polar surface area (TPSA) is 51.9 Å². The van der Waals surface area contributed by atoms with Gasteiger partial charge in [0, 0.05) is 35.2 Å². The van der Waals surface area contributed by atoms with Crippen molar-refractivity contribution in [3.05, 3.63) is 68.6 Å². The van der Waals surface area contributed by atoms with Gasteiger partial charge < -0.3 is 13.9 Å². The maximum absolute atomic E-state index is 12.3. The van der Waals surface area contributed by atoms with E-state index >= 15 is 0 Å². The Bertz CT molecular complexity index is 1130. The third-order valence-electron chi connectivity index (χ3n) is 5.85. The number of benzene rings is 2. The van der Waals surface area contributed by atoms with Gasteiger partial charge in [0.15, 0.2) is 0 Å². The molecular weight excluding hydrogens is 354 g/mol. The van der Waals surface area contributed by atoms with Crippen molar-refractivity contribution in [2.75, 3.05) is 13.8 Å². The third-order valence-corrected chi connectivity index (χ3v) is 5.85. The molecule has 0 bridgehead atoms. The van der Waals surface area contributed by atoms with Crippen LogP contribution in [0.4, 0.5) is 0 Å². The monoisotopic (exact) mass is 377 g/mol. The molecular formula is C23H23NO4. The first-order valence-corrected chi connectivity index (χ1v) is 9.73. The van der Waals surface area contributed by atoms with Gasteiger partial charge in [-0.25, -0.2) is 4.79 Å². The number of methoxy groups -OCH3 is 1. The summed E-state index contributed by atoms with van der Waals surface area (Å²) < 4.78 is 17.1. The minimum Gasteiger partial charge on any atom is -0.497 e. The molecule has 0 radical (unpaired) electrons. The minimum absolute atomic E-state index is 0.182. The van der Waals surface area contributed by atoms with Crippen LogP contribution >= 0.6 is 0 Å². The second-order valence-electron chi connectivity index (χ2n) is 7.68. The molecule has 0 spiro atoms. The summed E-state index contributed by atoms with van der Waals surface area (Å²) in [5, 5.41) is 1.08. The fourth-order valence-electron chi connectivity index (χ4n) is 4.52. The van der Waals surface area contributed by atoms with E-state index in [0.29, 0.717) is 12.3 Å². The summed E-state index contributed by atoms with van der Waals surface area (Å²) in [6, 6.07) is 10.3. The zero-order valence-corrected chi connectivity index (χ0v) is 16.2. The lowest BCUT2D eigenvalue weighted by molar-refractivity contribution is 0.0880. The van der Waals surface area contributed by atoms with Gasteiger partial charge in [0.25, 0.3) is 0 Å². The summed E-state index contributed by atoms with van der Waals surface area (Å²) >= 11 is 0. The van der Waals surface area contributed by atoms with E-state index < -0.39 is 0 Å². The summed E-state index contributed by atoms with van der Waals surface area (Å²) in [4.78, 5) is 14.6. The predicted molar refractivity (Wildman–Crippen MR) is 107 cm³/mol. The van der Waals surface area contributed by atoms with Gasteiger partial charge in [0.05, 0.1) is 7.11 Å². The average Bonchev–Trinajstić information content (AvgIpc) is 3.20. The largest absolute Gasteiger partial charge is 0.497 e. The van der Waals surface area contributed by atoms with Crippen LogP contribution in [0.1, 0.15) is 34.2 Å². The molecule has 28 heavy (non-hydrogen) atoms. The smallest absolute Gasteiger partial charge is 0.339 e. The first-order valence-electron chi connectivity index (χ1n) is 9.73. The van der Waals surface area contributed by atoms with Gasteiger partial charge in [-0.2, -0.15) is 0 Å². The highest BCUT2D eigenvalue weighted by Crippen LogP contribution is 2.38. The maximum Gasteiger partial charge on any atom is 0.339 e. The molecule has 2 heterocycles. The quantitative estimate of drug-likeness (QED) is 0.647. The molecule has 1 aliphatic heterocycles. The standard InChI is InChI=1S/C23H23NO4/c1-14-21-16(10-20-18-7-4-8-19(18)23(25)28-22(14)20)12-24(13-27-21)11-15-5-3-6-17(9-15)26-2/h3,5-6,9-10H,4,7-8,11-13H2,1-2H3. The molecule has 0 unspecified atom stereocenters. The van der Waals surface area contributed by atoms with Crippen molar-refractivity contribution in [2.24, 2.45) is 0 Å². The van der Waals surface area contributed by atoms with Gasteiger partial charge in [0.2, 0.25) is 0 Å². The van der Waals surface area contributed by atoms with Crippen LogP contribution in [0, 0.1) is 6.92 Å². The Morgan fingerprint density at radius 2 is 2.04 bits per heavy atom. The molecule has 0 saturated heterocycles. The molecule has 5 heteroatoms. The molecule has 0 saturated carbocycles. The summed E-state index contributed by atoms with van der Waals surface area (Å²) in [5.41, 5.74) is 5.81. The van der Waals surface area contributed by atoms with E-state index in [1.165, 1.54) is 11.1 Å². The molecule has 2 aromatic carbocycles. The molecule has 0 fully saturated rings. The maximum atomic E-state index is 12.3. The van der Waals surface area contributed by atoms with Gasteiger partial charge in [-0.05, 0) is 55.5 Å². The molecule has 1 aromatic heterocycles. The molecule has 0 amide bonds. The van der Waals surface area contributed by atoms with Gasteiger partial charge in [-0.1, -0.05) is 12.1 Å². The van der Waals surface area contributed by atoms with Crippen molar-refractivity contribution in [3.63, 3.8) is 0 Å². The van der Waals surface area contributed by atoms with Gasteiger partial charge in [-0.3, -0.25) is 4.90 Å². The number of rotatable bonds is 3. The summed E-state index contributed by atoms with van der Waals surface area (Å²) in [6.07, 6.45) is 2.79. The van der Waals surface area contributed by atoms with Crippen molar-refractivity contribution in [1.82, 2.24) is 4.90 Å². The summed E-state index contributed by atoms with van der Waals surface area (Å²) in [6.45, 7) is 4.09. The third kappa shape index (κ3) is 2.78. The molecule has 0 atom stereocenters. The van der Waals surface area contributed by atoms with Crippen LogP contribution in [0.25, 0.3) is 11.0 Å². The molecule has 1 aliphatic carbocycles. The van der Waals surface area contributed by atoms with Crippen molar-refractivity contribution in [3.8, 4) is 11.5 Å². The Morgan fingerprint density at radius 1 is 1.18 bits per heavy atom. The molecule has 2 aliphatic rings. The van der Waals surface area contributed by atoms with Crippen molar-refractivity contribution >= 4 is 11.0 Å². The van der Waals surface area contributed by atoms with Crippen LogP contribution in [0.2, 0.25) is 0 Å². The second kappa shape index (κ2) is 6.67. The Hall–Kier alpha value is -2.79. The van der Waals surface area contributed by atoms with E-state index in [4.69, 9.17) is 13.9 Å². The Balaban J connectivity index is 1.51. The fourth-order valence-corrected chi connectivity index (χ4v) is 4.52. The SMILES string of the molecule is COc1cccc(CN2COc3c(cc4c5c(c(=O)oc4c3C)CCC5)C2)c1. The van der Waals surface area contributed by atoms with E-state index in [1.807, 2.05) is 19.1 Å². The number of fused-ring (bicyclic) bond motifs is 4. The molecule has 144 valence electrons. The Labute approximate surface area is 163 Å². The van der Waals surface area contributed by atoms with Crippen LogP contribution in [-0.2, 0) is 25.9 Å². The zero-order valence-electron chi connectivity index (χ0n) is 16.2. The highest BCUT2D eigenvalue weighted by Gasteiger charge is 2.26. The predicted octanol–water partition coefficient (Wildman–Crippen LogP) is 3.95. The lowest BCUT2D eigenvalue weighted by Gasteiger charge is -2.30. The molecule has 0 N–H and O–H groups in total. The van der Waals surface area contributed by atoms with Crippen LogP contribution < -0.4 is 15.1 Å².